The highest BCUT2D eigenvalue weighted by Crippen LogP contribution is 2.29. The Morgan fingerprint density at radius 3 is 2.83 bits per heavy atom. The first-order chi connectivity index (χ1) is 11.3. The third-order valence-electron chi connectivity index (χ3n) is 4.03. The van der Waals surface area contributed by atoms with Crippen LogP contribution < -0.4 is 5.32 Å². The van der Waals surface area contributed by atoms with Crippen molar-refractivity contribution in [3.05, 3.63) is 52.5 Å². The minimum atomic E-state index is -0.0829. The number of carbonyl (C=O) groups is 1. The van der Waals surface area contributed by atoms with Crippen LogP contribution in [0.1, 0.15) is 28.2 Å². The number of carbonyl (C=O) groups excluding carboxylic acids is 1. The normalized spacial score (nSPS) is 18.3. The number of nitrogens with zero attached hydrogens (tertiary/aromatic N) is 2. The fourth-order valence-electron chi connectivity index (χ4n) is 2.92. The number of amides is 1. The van der Waals surface area contributed by atoms with Crippen molar-refractivity contribution in [3.63, 3.8) is 0 Å². The first kappa shape index (κ1) is 16.1. The van der Waals surface area contributed by atoms with E-state index in [0.717, 1.165) is 26.3 Å². The number of hydrogen-bond donors (Lipinski definition) is 1. The number of ether oxygens (including phenoxy) is 1. The molecule has 3 heterocycles. The van der Waals surface area contributed by atoms with Crippen LogP contribution in [0.3, 0.4) is 0 Å². The number of nitrogens with one attached hydrogen (secondary N) is 1. The van der Waals surface area contributed by atoms with Crippen LogP contribution >= 0.6 is 11.3 Å². The highest BCUT2D eigenvalue weighted by Gasteiger charge is 2.29. The molecule has 1 N–H and O–H groups in total. The average molecular weight is 331 g/mol. The molecule has 0 aromatic carbocycles. The maximum absolute atomic E-state index is 12.4. The van der Waals surface area contributed by atoms with Crippen LogP contribution in [0, 0.1) is 0 Å². The van der Waals surface area contributed by atoms with E-state index in [0.29, 0.717) is 5.56 Å². The van der Waals surface area contributed by atoms with Crippen molar-refractivity contribution >= 4 is 17.2 Å². The van der Waals surface area contributed by atoms with E-state index in [1.807, 2.05) is 0 Å². The fraction of sp³-hybridized carbons (Fsp3) is 0.412. The van der Waals surface area contributed by atoms with Crippen molar-refractivity contribution < 1.29 is 9.53 Å². The maximum Gasteiger partial charge on any atom is 0.253 e. The lowest BCUT2D eigenvalue weighted by Crippen LogP contribution is -2.48. The SMILES string of the molecule is C[C@H](NC(=O)c1cccnc1)[C@@H](c1cccs1)N1CCOCC1. The predicted octanol–water partition coefficient (Wildman–Crippen LogP) is 2.33. The quantitative estimate of drug-likeness (QED) is 0.914. The van der Waals surface area contributed by atoms with Gasteiger partial charge in [0, 0.05) is 36.4 Å². The molecule has 1 fully saturated rings. The van der Waals surface area contributed by atoms with Crippen molar-refractivity contribution in [1.82, 2.24) is 15.2 Å². The van der Waals surface area contributed by atoms with Gasteiger partial charge in [-0.3, -0.25) is 14.7 Å². The van der Waals surface area contributed by atoms with E-state index >= 15 is 0 Å². The van der Waals surface area contributed by atoms with Crippen LogP contribution in [0.15, 0.2) is 42.0 Å². The van der Waals surface area contributed by atoms with Gasteiger partial charge in [-0.05, 0) is 30.5 Å². The number of rotatable bonds is 5. The van der Waals surface area contributed by atoms with Gasteiger partial charge in [0.1, 0.15) is 0 Å². The molecule has 6 heteroatoms. The molecule has 0 radical (unpaired) electrons. The zero-order valence-electron chi connectivity index (χ0n) is 13.1. The van der Waals surface area contributed by atoms with E-state index in [9.17, 15) is 4.79 Å². The van der Waals surface area contributed by atoms with Crippen LogP contribution in [-0.4, -0.2) is 48.1 Å². The summed E-state index contributed by atoms with van der Waals surface area (Å²) in [4.78, 5) is 20.1. The largest absolute Gasteiger partial charge is 0.379 e. The Balaban J connectivity index is 1.75. The lowest BCUT2D eigenvalue weighted by molar-refractivity contribution is 0.00969. The Morgan fingerprint density at radius 2 is 2.17 bits per heavy atom. The zero-order chi connectivity index (χ0) is 16.1. The summed E-state index contributed by atoms with van der Waals surface area (Å²) in [6.07, 6.45) is 3.26. The molecule has 1 saturated heterocycles. The highest BCUT2D eigenvalue weighted by molar-refractivity contribution is 7.10. The van der Waals surface area contributed by atoms with Gasteiger partial charge in [0.05, 0.1) is 24.8 Å². The molecule has 0 aliphatic carbocycles. The summed E-state index contributed by atoms with van der Waals surface area (Å²) in [5.41, 5.74) is 0.589. The molecule has 0 spiro atoms. The first-order valence-electron chi connectivity index (χ1n) is 7.82. The Bertz CT molecular complexity index is 612. The van der Waals surface area contributed by atoms with Gasteiger partial charge in [-0.15, -0.1) is 11.3 Å². The van der Waals surface area contributed by atoms with E-state index in [1.165, 1.54) is 4.88 Å². The second-order valence-corrected chi connectivity index (χ2v) is 6.59. The Kier molecular flexibility index (Phi) is 5.38. The second-order valence-electron chi connectivity index (χ2n) is 5.61. The van der Waals surface area contributed by atoms with Crippen molar-refractivity contribution in [3.8, 4) is 0 Å². The summed E-state index contributed by atoms with van der Waals surface area (Å²) in [6, 6.07) is 7.92. The van der Waals surface area contributed by atoms with Gasteiger partial charge in [-0.1, -0.05) is 6.07 Å². The molecule has 0 bridgehead atoms. The number of thiophene rings is 1. The van der Waals surface area contributed by atoms with Crippen molar-refractivity contribution in [2.45, 2.75) is 19.0 Å². The summed E-state index contributed by atoms with van der Waals surface area (Å²) in [5, 5.41) is 5.21. The first-order valence-corrected chi connectivity index (χ1v) is 8.70. The molecule has 2 atom stereocenters. The lowest BCUT2D eigenvalue weighted by Gasteiger charge is -2.37. The van der Waals surface area contributed by atoms with Gasteiger partial charge in [-0.2, -0.15) is 0 Å². The molecule has 122 valence electrons. The van der Waals surface area contributed by atoms with E-state index in [2.05, 4.69) is 39.6 Å². The van der Waals surface area contributed by atoms with E-state index < -0.39 is 0 Å². The smallest absolute Gasteiger partial charge is 0.253 e. The molecule has 3 rings (SSSR count). The van der Waals surface area contributed by atoms with Crippen LogP contribution in [0.2, 0.25) is 0 Å². The molecular weight excluding hydrogens is 310 g/mol. The molecule has 0 saturated carbocycles. The second kappa shape index (κ2) is 7.68. The van der Waals surface area contributed by atoms with E-state index in [1.54, 1.807) is 35.9 Å². The molecule has 1 aliphatic heterocycles. The topological polar surface area (TPSA) is 54.5 Å². The van der Waals surface area contributed by atoms with Crippen LogP contribution in [0.25, 0.3) is 0 Å². The van der Waals surface area contributed by atoms with Crippen LogP contribution in [-0.2, 0) is 4.74 Å². The predicted molar refractivity (Wildman–Crippen MR) is 90.6 cm³/mol. The molecule has 0 unspecified atom stereocenters. The van der Waals surface area contributed by atoms with Crippen LogP contribution in [0.5, 0.6) is 0 Å². The van der Waals surface area contributed by atoms with E-state index in [4.69, 9.17) is 4.74 Å². The van der Waals surface area contributed by atoms with Gasteiger partial charge in [0.25, 0.3) is 5.91 Å². The summed E-state index contributed by atoms with van der Waals surface area (Å²) >= 11 is 1.73. The Labute approximate surface area is 140 Å². The number of morpholine rings is 1. The van der Waals surface area contributed by atoms with Crippen molar-refractivity contribution in [1.29, 1.82) is 0 Å². The van der Waals surface area contributed by atoms with Gasteiger partial charge in [0.2, 0.25) is 0 Å². The van der Waals surface area contributed by atoms with E-state index in [-0.39, 0.29) is 18.0 Å². The van der Waals surface area contributed by atoms with Crippen molar-refractivity contribution in [2.75, 3.05) is 26.3 Å². The standard InChI is InChI=1S/C17H21N3O2S/c1-13(19-17(21)14-4-2-6-18-12-14)16(15-5-3-11-23-15)20-7-9-22-10-8-20/h2-6,11-13,16H,7-10H2,1H3,(H,19,21)/t13-,16-/m0/s1. The van der Waals surface area contributed by atoms with Gasteiger partial charge >= 0.3 is 0 Å². The summed E-state index contributed by atoms with van der Waals surface area (Å²) in [5.74, 6) is -0.0829. The number of hydrogen-bond acceptors (Lipinski definition) is 5. The number of pyridine rings is 1. The molecule has 5 nitrogen and oxygen atoms in total. The third kappa shape index (κ3) is 3.96. The molecular formula is C17H21N3O2S. The summed E-state index contributed by atoms with van der Waals surface area (Å²) < 4.78 is 5.46. The molecule has 1 aliphatic rings. The Morgan fingerprint density at radius 1 is 1.35 bits per heavy atom. The summed E-state index contributed by atoms with van der Waals surface area (Å²) in [7, 11) is 0. The molecule has 1 amide bonds. The van der Waals surface area contributed by atoms with Crippen molar-refractivity contribution in [2.24, 2.45) is 0 Å². The maximum atomic E-state index is 12.4. The monoisotopic (exact) mass is 331 g/mol. The minimum Gasteiger partial charge on any atom is -0.379 e. The zero-order valence-corrected chi connectivity index (χ0v) is 14.0. The third-order valence-corrected chi connectivity index (χ3v) is 4.97. The van der Waals surface area contributed by atoms with Gasteiger partial charge in [0.15, 0.2) is 0 Å². The van der Waals surface area contributed by atoms with Crippen LogP contribution in [0.4, 0.5) is 0 Å². The minimum absolute atomic E-state index is 0.000504. The average Bonchev–Trinajstić information content (AvgIpc) is 3.11. The highest BCUT2D eigenvalue weighted by atomic mass is 32.1. The Hall–Kier alpha value is -1.76. The fourth-order valence-corrected chi connectivity index (χ4v) is 3.89. The number of aromatic nitrogens is 1. The summed E-state index contributed by atoms with van der Waals surface area (Å²) in [6.45, 7) is 5.32. The molecule has 2 aromatic rings. The molecule has 23 heavy (non-hydrogen) atoms. The lowest BCUT2D eigenvalue weighted by atomic mass is 10.0. The van der Waals surface area contributed by atoms with Gasteiger partial charge in [-0.25, -0.2) is 0 Å². The van der Waals surface area contributed by atoms with Gasteiger partial charge < -0.3 is 10.1 Å². The molecule has 2 aromatic heterocycles.